The molecule has 1 atom stereocenters. The van der Waals surface area contributed by atoms with Gasteiger partial charge in [-0.1, -0.05) is 20.3 Å². The summed E-state index contributed by atoms with van der Waals surface area (Å²) in [7, 11) is 1.76. The van der Waals surface area contributed by atoms with Crippen LogP contribution in [0.25, 0.3) is 0 Å². The second-order valence-corrected chi connectivity index (χ2v) is 3.80. The first-order chi connectivity index (χ1) is 6.31. The summed E-state index contributed by atoms with van der Waals surface area (Å²) >= 11 is 0. The lowest BCUT2D eigenvalue weighted by Gasteiger charge is -2.10. The highest BCUT2D eigenvalue weighted by Gasteiger charge is 1.98. The molecule has 2 nitrogen and oxygen atoms in total. The predicted octanol–water partition coefficient (Wildman–Crippen LogP) is 2.44. The molecule has 13 heavy (non-hydrogen) atoms. The van der Waals surface area contributed by atoms with E-state index in [9.17, 15) is 0 Å². The van der Waals surface area contributed by atoms with Crippen molar-refractivity contribution in [2.75, 3.05) is 26.8 Å². The summed E-state index contributed by atoms with van der Waals surface area (Å²) in [5.74, 6) is 0.826. The van der Waals surface area contributed by atoms with Crippen molar-refractivity contribution in [2.24, 2.45) is 5.92 Å². The fourth-order valence-corrected chi connectivity index (χ4v) is 1.44. The Kier molecular flexibility index (Phi) is 9.94. The van der Waals surface area contributed by atoms with E-state index in [1.807, 2.05) is 0 Å². The number of unbranched alkanes of at least 4 members (excludes halogenated alkanes) is 1. The topological polar surface area (TPSA) is 21.3 Å². The number of rotatable bonds is 9. The van der Waals surface area contributed by atoms with Crippen LogP contribution in [0.2, 0.25) is 0 Å². The summed E-state index contributed by atoms with van der Waals surface area (Å²) < 4.78 is 4.98. The predicted molar refractivity (Wildman–Crippen MR) is 58.1 cm³/mol. The van der Waals surface area contributed by atoms with Crippen LogP contribution >= 0.6 is 0 Å². The molecule has 0 aromatic carbocycles. The molecule has 0 aliphatic rings. The van der Waals surface area contributed by atoms with Gasteiger partial charge in [0.15, 0.2) is 0 Å². The molecule has 0 heterocycles. The molecule has 0 spiro atoms. The molecule has 0 rings (SSSR count). The van der Waals surface area contributed by atoms with E-state index in [2.05, 4.69) is 19.2 Å². The van der Waals surface area contributed by atoms with Gasteiger partial charge in [-0.05, 0) is 38.3 Å². The van der Waals surface area contributed by atoms with Crippen molar-refractivity contribution < 1.29 is 4.74 Å². The van der Waals surface area contributed by atoms with E-state index in [1.54, 1.807) is 7.11 Å². The molecule has 1 N–H and O–H groups in total. The summed E-state index contributed by atoms with van der Waals surface area (Å²) in [5, 5.41) is 3.47. The Morgan fingerprint density at radius 3 is 2.69 bits per heavy atom. The molecule has 0 aromatic heterocycles. The van der Waals surface area contributed by atoms with Crippen LogP contribution in [0, 0.1) is 5.92 Å². The third kappa shape index (κ3) is 9.84. The Hall–Kier alpha value is -0.0800. The van der Waals surface area contributed by atoms with Gasteiger partial charge in [0.2, 0.25) is 0 Å². The van der Waals surface area contributed by atoms with Gasteiger partial charge in [-0.25, -0.2) is 0 Å². The first-order valence-electron chi connectivity index (χ1n) is 5.50. The van der Waals surface area contributed by atoms with Gasteiger partial charge in [0.05, 0.1) is 0 Å². The summed E-state index contributed by atoms with van der Waals surface area (Å²) in [4.78, 5) is 0. The molecular weight excluding hydrogens is 162 g/mol. The van der Waals surface area contributed by atoms with Crippen LogP contribution in [0.1, 0.15) is 39.5 Å². The molecule has 0 saturated carbocycles. The highest BCUT2D eigenvalue weighted by atomic mass is 16.5. The van der Waals surface area contributed by atoms with Gasteiger partial charge in [0, 0.05) is 13.7 Å². The highest BCUT2D eigenvalue weighted by molar-refractivity contribution is 4.56. The average Bonchev–Trinajstić information content (AvgIpc) is 2.11. The molecule has 0 aliphatic carbocycles. The largest absolute Gasteiger partial charge is 0.385 e. The number of hydrogen-bond donors (Lipinski definition) is 1. The van der Waals surface area contributed by atoms with Crippen LogP contribution in [0.4, 0.5) is 0 Å². The molecule has 0 aromatic rings. The van der Waals surface area contributed by atoms with Gasteiger partial charge < -0.3 is 10.1 Å². The third-order valence-electron chi connectivity index (χ3n) is 2.23. The van der Waals surface area contributed by atoms with E-state index in [1.165, 1.54) is 32.2 Å². The molecule has 1 unspecified atom stereocenters. The lowest BCUT2D eigenvalue weighted by molar-refractivity contribution is 0.192. The van der Waals surface area contributed by atoms with Crippen LogP contribution in [0.3, 0.4) is 0 Å². The molecule has 0 bridgehead atoms. The van der Waals surface area contributed by atoms with Gasteiger partial charge >= 0.3 is 0 Å². The zero-order chi connectivity index (χ0) is 9.94. The van der Waals surface area contributed by atoms with Crippen molar-refractivity contribution in [3.63, 3.8) is 0 Å². The third-order valence-corrected chi connectivity index (χ3v) is 2.23. The number of nitrogens with one attached hydrogen (secondary N) is 1. The number of methoxy groups -OCH3 is 1. The SMILES string of the molecule is CCCC(C)CNCCCCOC. The average molecular weight is 187 g/mol. The van der Waals surface area contributed by atoms with E-state index in [0.717, 1.165) is 19.1 Å². The minimum atomic E-state index is 0.826. The molecule has 0 amide bonds. The maximum Gasteiger partial charge on any atom is 0.0462 e. The standard InChI is InChI=1S/C11H25NO/c1-4-7-11(2)10-12-8-5-6-9-13-3/h11-12H,4-10H2,1-3H3. The van der Waals surface area contributed by atoms with Gasteiger partial charge in [0.25, 0.3) is 0 Å². The Morgan fingerprint density at radius 1 is 1.31 bits per heavy atom. The van der Waals surface area contributed by atoms with Gasteiger partial charge in [-0.3, -0.25) is 0 Å². The summed E-state index contributed by atoms with van der Waals surface area (Å²) in [6, 6.07) is 0. The Balaban J connectivity index is 2.97. The van der Waals surface area contributed by atoms with Crippen molar-refractivity contribution in [3.8, 4) is 0 Å². The van der Waals surface area contributed by atoms with Crippen LogP contribution in [-0.2, 0) is 4.74 Å². The Morgan fingerprint density at radius 2 is 2.08 bits per heavy atom. The van der Waals surface area contributed by atoms with Gasteiger partial charge in [0.1, 0.15) is 0 Å². The molecule has 0 radical (unpaired) electrons. The van der Waals surface area contributed by atoms with Gasteiger partial charge in [-0.15, -0.1) is 0 Å². The minimum absolute atomic E-state index is 0.826. The van der Waals surface area contributed by atoms with Crippen LogP contribution in [-0.4, -0.2) is 26.8 Å². The minimum Gasteiger partial charge on any atom is -0.385 e. The molecular formula is C11H25NO. The van der Waals surface area contributed by atoms with E-state index in [-0.39, 0.29) is 0 Å². The Labute approximate surface area is 83.1 Å². The van der Waals surface area contributed by atoms with Crippen LogP contribution in [0.5, 0.6) is 0 Å². The van der Waals surface area contributed by atoms with Crippen LogP contribution < -0.4 is 5.32 Å². The number of ether oxygens (including phenoxy) is 1. The lowest BCUT2D eigenvalue weighted by atomic mass is 10.1. The molecule has 80 valence electrons. The first-order valence-corrected chi connectivity index (χ1v) is 5.50. The zero-order valence-electron chi connectivity index (χ0n) is 9.44. The summed E-state index contributed by atoms with van der Waals surface area (Å²) in [6.45, 7) is 7.76. The van der Waals surface area contributed by atoms with Crippen molar-refractivity contribution >= 4 is 0 Å². The smallest absolute Gasteiger partial charge is 0.0462 e. The molecule has 2 heteroatoms. The number of hydrogen-bond acceptors (Lipinski definition) is 2. The van der Waals surface area contributed by atoms with Crippen molar-refractivity contribution in [1.82, 2.24) is 5.32 Å². The van der Waals surface area contributed by atoms with E-state index < -0.39 is 0 Å². The van der Waals surface area contributed by atoms with E-state index in [4.69, 9.17) is 4.74 Å². The van der Waals surface area contributed by atoms with E-state index >= 15 is 0 Å². The first kappa shape index (κ1) is 12.9. The maximum absolute atomic E-state index is 4.98. The molecule has 0 aliphatic heterocycles. The van der Waals surface area contributed by atoms with Crippen molar-refractivity contribution in [2.45, 2.75) is 39.5 Å². The summed E-state index contributed by atoms with van der Waals surface area (Å²) in [6.07, 6.45) is 5.04. The monoisotopic (exact) mass is 187 g/mol. The second-order valence-electron chi connectivity index (χ2n) is 3.80. The summed E-state index contributed by atoms with van der Waals surface area (Å²) in [5.41, 5.74) is 0. The fourth-order valence-electron chi connectivity index (χ4n) is 1.44. The van der Waals surface area contributed by atoms with E-state index in [0.29, 0.717) is 0 Å². The molecule has 0 fully saturated rings. The highest BCUT2D eigenvalue weighted by Crippen LogP contribution is 2.02. The van der Waals surface area contributed by atoms with Crippen LogP contribution in [0.15, 0.2) is 0 Å². The second kappa shape index (κ2) is 10.0. The van der Waals surface area contributed by atoms with Gasteiger partial charge in [-0.2, -0.15) is 0 Å². The van der Waals surface area contributed by atoms with Crippen molar-refractivity contribution in [1.29, 1.82) is 0 Å². The normalized spacial score (nSPS) is 13.2. The Bertz CT molecular complexity index is 96.1. The zero-order valence-corrected chi connectivity index (χ0v) is 9.44. The quantitative estimate of drug-likeness (QED) is 0.560. The van der Waals surface area contributed by atoms with Crippen molar-refractivity contribution in [3.05, 3.63) is 0 Å². The lowest BCUT2D eigenvalue weighted by Crippen LogP contribution is -2.22. The maximum atomic E-state index is 4.98. The fraction of sp³-hybridized carbons (Fsp3) is 1.00. The molecule has 0 saturated heterocycles.